The highest BCUT2D eigenvalue weighted by molar-refractivity contribution is 6.32. The zero-order chi connectivity index (χ0) is 14.4. The van der Waals surface area contributed by atoms with Gasteiger partial charge in [0.25, 0.3) is 0 Å². The van der Waals surface area contributed by atoms with Crippen LogP contribution in [-0.4, -0.2) is 16.7 Å². The van der Waals surface area contributed by atoms with E-state index in [1.807, 2.05) is 18.2 Å². The maximum absolute atomic E-state index is 6.19. The van der Waals surface area contributed by atoms with Crippen LogP contribution in [0.3, 0.4) is 0 Å². The largest absolute Gasteiger partial charge is 0.484 e. The summed E-state index contributed by atoms with van der Waals surface area (Å²) in [5.74, 6) is 1.73. The molecule has 5 nitrogen and oxygen atoms in total. The third kappa shape index (κ3) is 4.51. The second-order valence-electron chi connectivity index (χ2n) is 4.93. The van der Waals surface area contributed by atoms with Crippen molar-refractivity contribution in [2.75, 3.05) is 6.54 Å². The lowest BCUT2D eigenvalue weighted by atomic mass is 10.2. The van der Waals surface area contributed by atoms with E-state index < -0.39 is 0 Å². The van der Waals surface area contributed by atoms with E-state index in [2.05, 4.69) is 33.8 Å². The minimum atomic E-state index is 0.237. The number of nitrogens with one attached hydrogen (secondary N) is 1. The van der Waals surface area contributed by atoms with Crippen LogP contribution in [0.1, 0.15) is 25.2 Å². The molecule has 1 aromatic carbocycles. The van der Waals surface area contributed by atoms with Gasteiger partial charge in [0, 0.05) is 6.54 Å². The number of nitrogens with zero attached hydrogens (tertiary/aromatic N) is 2. The van der Waals surface area contributed by atoms with Crippen molar-refractivity contribution < 1.29 is 9.26 Å². The maximum atomic E-state index is 6.19. The molecule has 1 aromatic heterocycles. The lowest BCUT2D eigenvalue weighted by Gasteiger charge is -2.10. The number of hydrogen-bond donors (Lipinski definition) is 1. The predicted molar refractivity (Wildman–Crippen MR) is 76.6 cm³/mol. The number of aromatic nitrogens is 2. The van der Waals surface area contributed by atoms with Crippen LogP contribution >= 0.6 is 11.6 Å². The van der Waals surface area contributed by atoms with Crippen LogP contribution in [0.5, 0.6) is 5.75 Å². The Morgan fingerprint density at radius 2 is 2.25 bits per heavy atom. The summed E-state index contributed by atoms with van der Waals surface area (Å²) in [4.78, 5) is 3.88. The Kier molecular flexibility index (Phi) is 5.38. The molecule has 0 radical (unpaired) electrons. The number of hydrogen-bond acceptors (Lipinski definition) is 5. The summed E-state index contributed by atoms with van der Waals surface area (Å²) in [5.41, 5.74) is 1.13. The Morgan fingerprint density at radius 1 is 1.40 bits per heavy atom. The van der Waals surface area contributed by atoms with Crippen LogP contribution in [0, 0.1) is 5.92 Å². The molecule has 0 atom stereocenters. The first-order valence-electron chi connectivity index (χ1n) is 6.52. The van der Waals surface area contributed by atoms with Gasteiger partial charge >= 0.3 is 0 Å². The Hall–Kier alpha value is -1.59. The summed E-state index contributed by atoms with van der Waals surface area (Å²) in [6.07, 6.45) is 1.27. The third-order valence-electron chi connectivity index (χ3n) is 2.64. The van der Waals surface area contributed by atoms with E-state index in [-0.39, 0.29) is 6.61 Å². The summed E-state index contributed by atoms with van der Waals surface area (Å²) in [6, 6.07) is 5.75. The molecule has 108 valence electrons. The maximum Gasteiger partial charge on any atom is 0.213 e. The molecule has 0 aliphatic heterocycles. The lowest BCUT2D eigenvalue weighted by Crippen LogP contribution is -2.18. The van der Waals surface area contributed by atoms with Crippen molar-refractivity contribution in [3.63, 3.8) is 0 Å². The third-order valence-corrected chi connectivity index (χ3v) is 2.94. The van der Waals surface area contributed by atoms with Gasteiger partial charge in [-0.15, -0.1) is 0 Å². The number of halogens is 1. The van der Waals surface area contributed by atoms with Crippen LogP contribution < -0.4 is 10.1 Å². The van der Waals surface area contributed by atoms with Crippen molar-refractivity contribution in [1.29, 1.82) is 0 Å². The molecule has 0 saturated heterocycles. The van der Waals surface area contributed by atoms with Gasteiger partial charge in [-0.1, -0.05) is 36.7 Å². The summed E-state index contributed by atoms with van der Waals surface area (Å²) >= 11 is 6.19. The molecule has 1 N–H and O–H groups in total. The average molecular weight is 296 g/mol. The Morgan fingerprint density at radius 3 is 2.90 bits per heavy atom. The van der Waals surface area contributed by atoms with E-state index in [1.54, 1.807) is 0 Å². The smallest absolute Gasteiger partial charge is 0.213 e. The molecule has 0 saturated carbocycles. The molecule has 1 heterocycles. The predicted octanol–water partition coefficient (Wildman–Crippen LogP) is 3.05. The molecule has 2 aromatic rings. The van der Waals surface area contributed by atoms with Gasteiger partial charge in [0.05, 0.1) is 5.02 Å². The van der Waals surface area contributed by atoms with Crippen molar-refractivity contribution in [2.45, 2.75) is 27.0 Å². The summed E-state index contributed by atoms with van der Waals surface area (Å²) < 4.78 is 10.2. The van der Waals surface area contributed by atoms with Crippen molar-refractivity contribution in [3.05, 3.63) is 41.0 Å². The zero-order valence-electron chi connectivity index (χ0n) is 11.6. The summed E-state index contributed by atoms with van der Waals surface area (Å²) in [7, 11) is 0. The van der Waals surface area contributed by atoms with E-state index in [0.717, 1.165) is 18.7 Å². The number of ether oxygens (including phenoxy) is 1. The van der Waals surface area contributed by atoms with Gasteiger partial charge in [0.2, 0.25) is 12.2 Å². The minimum Gasteiger partial charge on any atom is -0.484 e. The fraction of sp³-hybridized carbons (Fsp3) is 0.429. The Bertz CT molecular complexity index is 529. The standard InChI is InChI=1S/C14H18ClN3O2/c1-10(2)6-16-7-11-3-4-13(12(15)5-11)19-8-14-17-9-20-18-14/h3-5,9-10,16H,6-8H2,1-2H3. The molecule has 0 unspecified atom stereocenters. The molecular formula is C14H18ClN3O2. The second kappa shape index (κ2) is 7.26. The molecule has 6 heteroatoms. The molecule has 0 spiro atoms. The first-order valence-corrected chi connectivity index (χ1v) is 6.90. The van der Waals surface area contributed by atoms with Crippen LogP contribution in [0.4, 0.5) is 0 Å². The summed E-state index contributed by atoms with van der Waals surface area (Å²) in [6.45, 7) is 6.36. The summed E-state index contributed by atoms with van der Waals surface area (Å²) in [5, 5.41) is 7.62. The van der Waals surface area contributed by atoms with Crippen molar-refractivity contribution in [1.82, 2.24) is 15.5 Å². The van der Waals surface area contributed by atoms with Crippen LogP contribution in [0.15, 0.2) is 29.1 Å². The first kappa shape index (κ1) is 14.8. The molecule has 20 heavy (non-hydrogen) atoms. The molecular weight excluding hydrogens is 278 g/mol. The fourth-order valence-electron chi connectivity index (χ4n) is 1.67. The van der Waals surface area contributed by atoms with Crippen molar-refractivity contribution in [3.8, 4) is 5.75 Å². The highest BCUT2D eigenvalue weighted by atomic mass is 35.5. The van der Waals surface area contributed by atoms with Gasteiger partial charge in [0.15, 0.2) is 6.61 Å². The van der Waals surface area contributed by atoms with E-state index in [0.29, 0.717) is 22.5 Å². The Labute approximate surface area is 123 Å². The molecule has 0 fully saturated rings. The lowest BCUT2D eigenvalue weighted by molar-refractivity contribution is 0.286. The SMILES string of the molecule is CC(C)CNCc1ccc(OCc2ncon2)c(Cl)c1. The normalized spacial score (nSPS) is 11.0. The highest BCUT2D eigenvalue weighted by Gasteiger charge is 2.06. The van der Waals surface area contributed by atoms with E-state index >= 15 is 0 Å². The molecule has 0 amide bonds. The van der Waals surface area contributed by atoms with Gasteiger partial charge < -0.3 is 14.6 Å². The van der Waals surface area contributed by atoms with Gasteiger partial charge in [-0.25, -0.2) is 0 Å². The molecule has 0 aliphatic carbocycles. The minimum absolute atomic E-state index is 0.237. The molecule has 2 rings (SSSR count). The van der Waals surface area contributed by atoms with E-state index in [1.165, 1.54) is 6.39 Å². The molecule has 0 aliphatic rings. The van der Waals surface area contributed by atoms with Crippen molar-refractivity contribution >= 4 is 11.6 Å². The number of benzene rings is 1. The van der Waals surface area contributed by atoms with Gasteiger partial charge in [-0.3, -0.25) is 0 Å². The zero-order valence-corrected chi connectivity index (χ0v) is 12.4. The monoisotopic (exact) mass is 295 g/mol. The first-order chi connectivity index (χ1) is 9.65. The average Bonchev–Trinajstić information content (AvgIpc) is 2.90. The van der Waals surface area contributed by atoms with E-state index in [9.17, 15) is 0 Å². The number of rotatable bonds is 7. The van der Waals surface area contributed by atoms with Crippen molar-refractivity contribution in [2.24, 2.45) is 5.92 Å². The van der Waals surface area contributed by atoms with E-state index in [4.69, 9.17) is 16.3 Å². The van der Waals surface area contributed by atoms with Gasteiger partial charge in [0.1, 0.15) is 5.75 Å². The second-order valence-corrected chi connectivity index (χ2v) is 5.33. The van der Waals surface area contributed by atoms with Gasteiger partial charge in [-0.2, -0.15) is 4.98 Å². The Balaban J connectivity index is 1.88. The van der Waals surface area contributed by atoms with Gasteiger partial charge in [-0.05, 0) is 30.2 Å². The van der Waals surface area contributed by atoms with Crippen LogP contribution in [-0.2, 0) is 13.2 Å². The van der Waals surface area contributed by atoms with Crippen LogP contribution in [0.2, 0.25) is 5.02 Å². The highest BCUT2D eigenvalue weighted by Crippen LogP contribution is 2.26. The topological polar surface area (TPSA) is 60.2 Å². The van der Waals surface area contributed by atoms with Crippen LogP contribution in [0.25, 0.3) is 0 Å². The quantitative estimate of drug-likeness (QED) is 0.851. The molecule has 0 bridgehead atoms. The fourth-order valence-corrected chi connectivity index (χ4v) is 1.93.